The third-order valence-corrected chi connectivity index (χ3v) is 6.64. The van der Waals surface area contributed by atoms with Crippen molar-refractivity contribution in [3.05, 3.63) is 42.0 Å². The maximum absolute atomic E-state index is 10.3. The number of benzene rings is 2. The molecule has 0 saturated carbocycles. The molecule has 1 heterocycles. The van der Waals surface area contributed by atoms with E-state index in [2.05, 4.69) is 19.9 Å². The molecule has 1 aliphatic heterocycles. The topological polar surface area (TPSA) is 96.0 Å². The van der Waals surface area contributed by atoms with E-state index in [4.69, 9.17) is 29.4 Å². The van der Waals surface area contributed by atoms with Gasteiger partial charge in [0.15, 0.2) is 23.0 Å². The molecule has 7 heteroatoms. The van der Waals surface area contributed by atoms with Gasteiger partial charge < -0.3 is 29.4 Å². The summed E-state index contributed by atoms with van der Waals surface area (Å²) in [7, 11) is 4.74. The Morgan fingerprint density at radius 1 is 1.09 bits per heavy atom. The first-order valence-corrected chi connectivity index (χ1v) is 11.7. The smallest absolute Gasteiger partial charge is 0.203 e. The third-order valence-electron chi connectivity index (χ3n) is 6.64. The number of fused-ring (bicyclic) bond motifs is 1. The lowest BCUT2D eigenvalue weighted by molar-refractivity contribution is 0.0788. The molecule has 0 radical (unpaired) electrons. The van der Waals surface area contributed by atoms with Gasteiger partial charge in [0.2, 0.25) is 5.75 Å². The molecule has 34 heavy (non-hydrogen) atoms. The van der Waals surface area contributed by atoms with Gasteiger partial charge in [-0.3, -0.25) is 0 Å². The molecule has 1 aliphatic rings. The summed E-state index contributed by atoms with van der Waals surface area (Å²) in [5.41, 5.74) is 6.61. The third kappa shape index (κ3) is 5.34. The predicted octanol–water partition coefficient (Wildman–Crippen LogP) is 4.86. The minimum absolute atomic E-state index is 0.0534. The van der Waals surface area contributed by atoms with Crippen LogP contribution in [0.5, 0.6) is 28.7 Å². The van der Waals surface area contributed by atoms with Crippen LogP contribution in [-0.2, 0) is 5.41 Å². The summed E-state index contributed by atoms with van der Waals surface area (Å²) in [5, 5.41) is 10.3. The quantitative estimate of drug-likeness (QED) is 0.503. The molecular weight excluding hydrogens is 432 g/mol. The summed E-state index contributed by atoms with van der Waals surface area (Å²) in [5.74, 6) is 3.21. The van der Waals surface area contributed by atoms with Gasteiger partial charge in [0.1, 0.15) is 12.7 Å². The minimum atomic E-state index is -0.712. The number of nitrogens with two attached hydrogens (primary N) is 1. The lowest BCUT2D eigenvalue weighted by Gasteiger charge is -2.33. The van der Waals surface area contributed by atoms with Crippen molar-refractivity contribution >= 4 is 0 Å². The molecule has 2 aromatic carbocycles. The van der Waals surface area contributed by atoms with Gasteiger partial charge in [-0.15, -0.1) is 0 Å². The van der Waals surface area contributed by atoms with Crippen molar-refractivity contribution in [1.82, 2.24) is 0 Å². The van der Waals surface area contributed by atoms with Gasteiger partial charge in [0, 0.05) is 12.5 Å². The van der Waals surface area contributed by atoms with E-state index in [1.54, 1.807) is 21.3 Å². The maximum atomic E-state index is 10.3. The molecule has 3 atom stereocenters. The molecule has 2 aromatic rings. The van der Waals surface area contributed by atoms with Gasteiger partial charge in [-0.05, 0) is 55.0 Å². The molecular formula is C27H36N2O5. The molecule has 3 rings (SSSR count). The number of methoxy groups -OCH3 is 3. The molecule has 0 saturated heterocycles. The van der Waals surface area contributed by atoms with Crippen molar-refractivity contribution in [1.29, 1.82) is 5.26 Å². The second kappa shape index (κ2) is 11.3. The lowest BCUT2D eigenvalue weighted by Crippen LogP contribution is -2.36. The van der Waals surface area contributed by atoms with E-state index in [1.165, 1.54) is 0 Å². The molecule has 0 aromatic heterocycles. The van der Waals surface area contributed by atoms with Crippen LogP contribution in [0.3, 0.4) is 0 Å². The Balaban J connectivity index is 1.69. The van der Waals surface area contributed by atoms with E-state index < -0.39 is 5.41 Å². The Bertz CT molecular complexity index is 978. The van der Waals surface area contributed by atoms with Crippen molar-refractivity contribution in [3.8, 4) is 34.8 Å². The average molecular weight is 469 g/mol. The Morgan fingerprint density at radius 3 is 2.29 bits per heavy atom. The van der Waals surface area contributed by atoms with Gasteiger partial charge in [-0.25, -0.2) is 0 Å². The number of rotatable bonds is 11. The standard InChI is InChI=1S/C27H36N2O5/c1-18(2)27(17-28,19-13-24(30-3)26(32-5)25(14-19)31-4)12-8-9-20(29)15-21-16-33-22-10-6-7-11-23(22)34-21/h6-7,10-11,13-14,18,20-21H,8-9,12,15-16,29H2,1-5H3. The molecule has 184 valence electrons. The van der Waals surface area contributed by atoms with Crippen LogP contribution < -0.4 is 29.4 Å². The van der Waals surface area contributed by atoms with Crippen LogP contribution in [0.15, 0.2) is 36.4 Å². The van der Waals surface area contributed by atoms with Crippen LogP contribution in [-0.4, -0.2) is 40.1 Å². The molecule has 0 spiro atoms. The summed E-state index contributed by atoms with van der Waals surface area (Å²) in [6, 6.07) is 14.0. The second-order valence-corrected chi connectivity index (χ2v) is 9.04. The highest BCUT2D eigenvalue weighted by Gasteiger charge is 2.37. The Kier molecular flexibility index (Phi) is 8.51. The maximum Gasteiger partial charge on any atom is 0.203 e. The van der Waals surface area contributed by atoms with Crippen molar-refractivity contribution in [3.63, 3.8) is 0 Å². The average Bonchev–Trinajstić information content (AvgIpc) is 2.85. The van der Waals surface area contributed by atoms with Crippen LogP contribution in [0.25, 0.3) is 0 Å². The van der Waals surface area contributed by atoms with Crippen molar-refractivity contribution in [2.45, 2.75) is 57.1 Å². The highest BCUT2D eigenvalue weighted by atomic mass is 16.6. The molecule has 0 bridgehead atoms. The summed E-state index contributed by atoms with van der Waals surface area (Å²) in [6.45, 7) is 4.62. The molecule has 2 N–H and O–H groups in total. The summed E-state index contributed by atoms with van der Waals surface area (Å²) in [4.78, 5) is 0. The number of hydrogen-bond donors (Lipinski definition) is 1. The number of nitrogens with zero attached hydrogens (tertiary/aromatic N) is 1. The Labute approximate surface area is 202 Å². The normalized spacial score (nSPS) is 17.4. The number of ether oxygens (including phenoxy) is 5. The minimum Gasteiger partial charge on any atom is -0.493 e. The number of nitriles is 1. The molecule has 0 amide bonds. The number of hydrogen-bond acceptors (Lipinski definition) is 7. The van der Waals surface area contributed by atoms with Crippen molar-refractivity contribution in [2.75, 3.05) is 27.9 Å². The molecule has 0 fully saturated rings. The first-order chi connectivity index (χ1) is 16.4. The fourth-order valence-corrected chi connectivity index (χ4v) is 4.63. The first-order valence-electron chi connectivity index (χ1n) is 11.7. The fourth-order valence-electron chi connectivity index (χ4n) is 4.63. The van der Waals surface area contributed by atoms with Gasteiger partial charge in [-0.1, -0.05) is 26.0 Å². The highest BCUT2D eigenvalue weighted by Crippen LogP contribution is 2.45. The Hall–Kier alpha value is -3.11. The molecule has 3 unspecified atom stereocenters. The fraction of sp³-hybridized carbons (Fsp3) is 0.519. The monoisotopic (exact) mass is 468 g/mol. The first kappa shape index (κ1) is 25.5. The SMILES string of the molecule is COc1cc(C(C#N)(CCCC(N)CC2COc3ccccc3O2)C(C)C)cc(OC)c1OC. The summed E-state index contributed by atoms with van der Waals surface area (Å²) in [6.07, 6.45) is 2.86. The zero-order valence-corrected chi connectivity index (χ0v) is 20.8. The zero-order chi connectivity index (χ0) is 24.7. The van der Waals surface area contributed by atoms with Crippen molar-refractivity contribution < 1.29 is 23.7 Å². The molecule has 0 aliphatic carbocycles. The highest BCUT2D eigenvalue weighted by molar-refractivity contribution is 5.56. The van der Waals surface area contributed by atoms with E-state index in [-0.39, 0.29) is 18.1 Å². The van der Waals surface area contributed by atoms with Crippen LogP contribution in [0.4, 0.5) is 0 Å². The van der Waals surface area contributed by atoms with Gasteiger partial charge >= 0.3 is 0 Å². The van der Waals surface area contributed by atoms with Crippen LogP contribution in [0.2, 0.25) is 0 Å². The Morgan fingerprint density at radius 2 is 1.74 bits per heavy atom. The van der Waals surface area contributed by atoms with E-state index in [9.17, 15) is 5.26 Å². The zero-order valence-electron chi connectivity index (χ0n) is 20.8. The number of para-hydroxylation sites is 2. The summed E-state index contributed by atoms with van der Waals surface area (Å²) < 4.78 is 28.4. The van der Waals surface area contributed by atoms with E-state index in [0.29, 0.717) is 36.7 Å². The van der Waals surface area contributed by atoms with E-state index in [1.807, 2.05) is 36.4 Å². The van der Waals surface area contributed by atoms with Gasteiger partial charge in [-0.2, -0.15) is 5.26 Å². The summed E-state index contributed by atoms with van der Waals surface area (Å²) >= 11 is 0. The van der Waals surface area contributed by atoms with Gasteiger partial charge in [0.25, 0.3) is 0 Å². The van der Waals surface area contributed by atoms with Crippen LogP contribution in [0.1, 0.15) is 45.1 Å². The molecule has 7 nitrogen and oxygen atoms in total. The predicted molar refractivity (Wildman–Crippen MR) is 131 cm³/mol. The van der Waals surface area contributed by atoms with Gasteiger partial charge in [0.05, 0.1) is 32.8 Å². The van der Waals surface area contributed by atoms with Crippen molar-refractivity contribution in [2.24, 2.45) is 11.7 Å². The van der Waals surface area contributed by atoms with Crippen LogP contribution >= 0.6 is 0 Å². The van der Waals surface area contributed by atoms with Crippen LogP contribution in [0, 0.1) is 17.2 Å². The van der Waals surface area contributed by atoms with E-state index in [0.717, 1.165) is 29.9 Å². The largest absolute Gasteiger partial charge is 0.493 e. The second-order valence-electron chi connectivity index (χ2n) is 9.04. The lowest BCUT2D eigenvalue weighted by atomic mass is 9.69. The van der Waals surface area contributed by atoms with E-state index >= 15 is 0 Å².